The SMILES string of the molecule is C[C@H](N[C@H](O)c1cc(Cl)ccc1Oc1c(F)cccc1F)c1ccc(C(=O)O)cc1. The first-order valence-electron chi connectivity index (χ1n) is 8.95. The minimum Gasteiger partial charge on any atom is -0.478 e. The molecular formula is C22H18ClF2NO4. The summed E-state index contributed by atoms with van der Waals surface area (Å²) in [5, 5.41) is 22.9. The van der Waals surface area contributed by atoms with Gasteiger partial charge in [-0.1, -0.05) is 29.8 Å². The van der Waals surface area contributed by atoms with Gasteiger partial charge in [0.1, 0.15) is 12.0 Å². The fraction of sp³-hybridized carbons (Fsp3) is 0.136. The Hall–Kier alpha value is -3.00. The Bertz CT molecular complexity index is 1040. The normalized spacial score (nSPS) is 13.0. The quantitative estimate of drug-likeness (QED) is 0.432. The average molecular weight is 434 g/mol. The zero-order valence-electron chi connectivity index (χ0n) is 15.8. The van der Waals surface area contributed by atoms with E-state index in [-0.39, 0.29) is 22.9 Å². The molecule has 0 aliphatic rings. The zero-order valence-corrected chi connectivity index (χ0v) is 16.5. The number of halogens is 3. The van der Waals surface area contributed by atoms with Crippen LogP contribution in [0.3, 0.4) is 0 Å². The lowest BCUT2D eigenvalue weighted by Crippen LogP contribution is -2.24. The van der Waals surface area contributed by atoms with Crippen LogP contribution >= 0.6 is 11.6 Å². The van der Waals surface area contributed by atoms with Gasteiger partial charge in [-0.05, 0) is 55.0 Å². The summed E-state index contributed by atoms with van der Waals surface area (Å²) in [6, 6.07) is 13.4. The summed E-state index contributed by atoms with van der Waals surface area (Å²) in [6.45, 7) is 1.76. The van der Waals surface area contributed by atoms with Gasteiger partial charge in [0, 0.05) is 16.6 Å². The maximum atomic E-state index is 14.0. The molecule has 30 heavy (non-hydrogen) atoms. The molecular weight excluding hydrogens is 416 g/mol. The molecule has 0 aliphatic heterocycles. The molecule has 2 atom stereocenters. The van der Waals surface area contributed by atoms with Crippen molar-refractivity contribution in [3.8, 4) is 11.5 Å². The summed E-state index contributed by atoms with van der Waals surface area (Å²) in [5.41, 5.74) is 1.05. The largest absolute Gasteiger partial charge is 0.478 e. The van der Waals surface area contributed by atoms with Crippen LogP contribution in [0, 0.1) is 11.6 Å². The third-order valence-electron chi connectivity index (χ3n) is 4.46. The van der Waals surface area contributed by atoms with Gasteiger partial charge < -0.3 is 14.9 Å². The predicted molar refractivity (Wildman–Crippen MR) is 108 cm³/mol. The van der Waals surface area contributed by atoms with Crippen LogP contribution in [0.15, 0.2) is 60.7 Å². The Morgan fingerprint density at radius 1 is 1.07 bits per heavy atom. The van der Waals surface area contributed by atoms with Crippen LogP contribution in [0.2, 0.25) is 5.02 Å². The van der Waals surface area contributed by atoms with Gasteiger partial charge in [-0.25, -0.2) is 13.6 Å². The minimum absolute atomic E-state index is 0.0248. The number of hydrogen-bond donors (Lipinski definition) is 3. The lowest BCUT2D eigenvalue weighted by molar-refractivity contribution is 0.0696. The molecule has 3 N–H and O–H groups in total. The Kier molecular flexibility index (Phi) is 6.66. The third-order valence-corrected chi connectivity index (χ3v) is 4.70. The van der Waals surface area contributed by atoms with Gasteiger partial charge in [0.2, 0.25) is 0 Å². The van der Waals surface area contributed by atoms with Crippen molar-refractivity contribution in [3.05, 3.63) is 94.0 Å². The molecule has 0 aliphatic carbocycles. The third kappa shape index (κ3) is 4.94. The lowest BCUT2D eigenvalue weighted by Gasteiger charge is -2.22. The number of hydrogen-bond acceptors (Lipinski definition) is 4. The number of aromatic carboxylic acids is 1. The second-order valence-electron chi connectivity index (χ2n) is 6.55. The molecule has 0 saturated heterocycles. The van der Waals surface area contributed by atoms with Crippen LogP contribution in [-0.4, -0.2) is 16.2 Å². The number of ether oxygens (including phenoxy) is 1. The molecule has 0 fully saturated rings. The number of aliphatic hydroxyl groups excluding tert-OH is 1. The molecule has 156 valence electrons. The lowest BCUT2D eigenvalue weighted by atomic mass is 10.0. The fourth-order valence-electron chi connectivity index (χ4n) is 2.85. The highest BCUT2D eigenvalue weighted by atomic mass is 35.5. The molecule has 0 radical (unpaired) electrons. The summed E-state index contributed by atoms with van der Waals surface area (Å²) >= 11 is 6.03. The molecule has 0 unspecified atom stereocenters. The average Bonchev–Trinajstić information content (AvgIpc) is 2.71. The molecule has 8 heteroatoms. The van der Waals surface area contributed by atoms with Crippen molar-refractivity contribution < 1.29 is 28.5 Å². The molecule has 0 bridgehead atoms. The van der Waals surface area contributed by atoms with E-state index in [4.69, 9.17) is 21.4 Å². The molecule has 0 heterocycles. The van der Waals surface area contributed by atoms with Gasteiger partial charge in [-0.2, -0.15) is 0 Å². The van der Waals surface area contributed by atoms with Crippen molar-refractivity contribution in [2.45, 2.75) is 19.2 Å². The molecule has 3 aromatic carbocycles. The molecule has 5 nitrogen and oxygen atoms in total. The molecule has 0 amide bonds. The Morgan fingerprint density at radius 2 is 1.70 bits per heavy atom. The number of aliphatic hydroxyl groups is 1. The summed E-state index contributed by atoms with van der Waals surface area (Å²) in [6.07, 6.45) is -1.29. The van der Waals surface area contributed by atoms with Crippen molar-refractivity contribution >= 4 is 17.6 Å². The highest BCUT2D eigenvalue weighted by Gasteiger charge is 2.20. The maximum absolute atomic E-state index is 14.0. The van der Waals surface area contributed by atoms with E-state index in [1.165, 1.54) is 36.4 Å². The van der Waals surface area contributed by atoms with Crippen molar-refractivity contribution in [2.24, 2.45) is 0 Å². The molecule has 0 saturated carbocycles. The van der Waals surface area contributed by atoms with Crippen LogP contribution in [0.5, 0.6) is 11.5 Å². The predicted octanol–water partition coefficient (Wildman–Crippen LogP) is 5.45. The molecule has 0 spiro atoms. The van der Waals surface area contributed by atoms with E-state index in [1.54, 1.807) is 19.1 Å². The van der Waals surface area contributed by atoms with E-state index >= 15 is 0 Å². The van der Waals surface area contributed by atoms with Gasteiger partial charge in [0.05, 0.1) is 5.56 Å². The summed E-state index contributed by atoms with van der Waals surface area (Å²) in [4.78, 5) is 11.0. The van der Waals surface area contributed by atoms with Crippen LogP contribution < -0.4 is 10.1 Å². The summed E-state index contributed by atoms with van der Waals surface area (Å²) < 4.78 is 33.3. The number of nitrogens with one attached hydrogen (secondary N) is 1. The smallest absolute Gasteiger partial charge is 0.335 e. The minimum atomic E-state index is -1.29. The van der Waals surface area contributed by atoms with Gasteiger partial charge in [0.15, 0.2) is 17.4 Å². The van der Waals surface area contributed by atoms with Gasteiger partial charge in [0.25, 0.3) is 0 Å². The maximum Gasteiger partial charge on any atom is 0.335 e. The molecule has 3 aromatic rings. The van der Waals surface area contributed by atoms with Crippen LogP contribution in [0.1, 0.15) is 40.7 Å². The van der Waals surface area contributed by atoms with Crippen molar-refractivity contribution in [2.75, 3.05) is 0 Å². The van der Waals surface area contributed by atoms with E-state index in [9.17, 15) is 18.7 Å². The van der Waals surface area contributed by atoms with E-state index in [1.807, 2.05) is 0 Å². The number of rotatable bonds is 7. The van der Waals surface area contributed by atoms with Gasteiger partial charge in [-0.15, -0.1) is 0 Å². The zero-order chi connectivity index (χ0) is 21.8. The van der Waals surface area contributed by atoms with Crippen molar-refractivity contribution in [3.63, 3.8) is 0 Å². The Labute approximate surface area is 176 Å². The molecule has 3 rings (SSSR count). The highest BCUT2D eigenvalue weighted by molar-refractivity contribution is 6.30. The van der Waals surface area contributed by atoms with E-state index in [0.717, 1.165) is 17.7 Å². The number of carboxylic acid groups (broad SMARTS) is 1. The summed E-state index contributed by atoms with van der Waals surface area (Å²) in [5.74, 6) is -3.37. The fourth-order valence-corrected chi connectivity index (χ4v) is 3.03. The van der Waals surface area contributed by atoms with Crippen molar-refractivity contribution in [1.29, 1.82) is 0 Å². The van der Waals surface area contributed by atoms with E-state index in [0.29, 0.717) is 5.02 Å². The van der Waals surface area contributed by atoms with Crippen LogP contribution in [0.25, 0.3) is 0 Å². The monoisotopic (exact) mass is 433 g/mol. The topological polar surface area (TPSA) is 78.8 Å². The van der Waals surface area contributed by atoms with Crippen molar-refractivity contribution in [1.82, 2.24) is 5.32 Å². The standard InChI is InChI=1S/C22H18ClF2NO4/c1-12(13-5-7-14(8-6-13)22(28)29)26-21(27)16-11-15(23)9-10-19(16)30-20-17(24)3-2-4-18(20)25/h2-12,21,26-27H,1H3,(H,28,29)/t12-,21+/m0/s1. The number of benzene rings is 3. The number of para-hydroxylation sites is 1. The number of carboxylic acids is 1. The van der Waals surface area contributed by atoms with Crippen LogP contribution in [0.4, 0.5) is 8.78 Å². The van der Waals surface area contributed by atoms with E-state index in [2.05, 4.69) is 5.32 Å². The number of carbonyl (C=O) groups is 1. The molecule has 0 aromatic heterocycles. The highest BCUT2D eigenvalue weighted by Crippen LogP contribution is 2.34. The van der Waals surface area contributed by atoms with Crippen LogP contribution in [-0.2, 0) is 0 Å². The Morgan fingerprint density at radius 3 is 2.30 bits per heavy atom. The second kappa shape index (κ2) is 9.21. The van der Waals surface area contributed by atoms with Gasteiger partial charge >= 0.3 is 5.97 Å². The Balaban J connectivity index is 1.84. The van der Waals surface area contributed by atoms with E-state index < -0.39 is 29.6 Å². The summed E-state index contributed by atoms with van der Waals surface area (Å²) in [7, 11) is 0. The first-order valence-corrected chi connectivity index (χ1v) is 9.32. The first kappa shape index (κ1) is 21.7. The van der Waals surface area contributed by atoms with Gasteiger partial charge in [-0.3, -0.25) is 5.32 Å². The second-order valence-corrected chi connectivity index (χ2v) is 6.99. The first-order chi connectivity index (χ1) is 14.3.